The third-order valence-electron chi connectivity index (χ3n) is 6.68. The second-order valence-electron chi connectivity index (χ2n) is 9.17. The zero-order chi connectivity index (χ0) is 21.7. The molecular formula is C27H30N4. The molecule has 0 saturated carbocycles. The number of hydrogen-bond donors (Lipinski definition) is 1. The van der Waals surface area contributed by atoms with Gasteiger partial charge in [-0.1, -0.05) is 38.1 Å². The molecule has 0 radical (unpaired) electrons. The van der Waals surface area contributed by atoms with Crippen molar-refractivity contribution in [1.82, 2.24) is 15.2 Å². The maximum absolute atomic E-state index is 5.14. The average molecular weight is 411 g/mol. The normalized spacial score (nSPS) is 13.8. The molecule has 4 heteroatoms. The lowest BCUT2D eigenvalue weighted by Crippen LogP contribution is -2.32. The molecule has 0 saturated heterocycles. The molecule has 0 atom stereocenters. The number of H-pyrrole nitrogens is 1. The van der Waals surface area contributed by atoms with E-state index >= 15 is 0 Å². The van der Waals surface area contributed by atoms with Crippen LogP contribution < -0.4 is 4.90 Å². The van der Waals surface area contributed by atoms with Crippen LogP contribution in [0.2, 0.25) is 0 Å². The first kappa shape index (κ1) is 19.8. The van der Waals surface area contributed by atoms with Crippen molar-refractivity contribution in [2.24, 2.45) is 0 Å². The Labute approximate surface area is 184 Å². The van der Waals surface area contributed by atoms with Crippen LogP contribution in [0.3, 0.4) is 0 Å². The number of nitrogens with zero attached hydrogens (tertiary/aromatic N) is 3. The minimum Gasteiger partial charge on any atom is -0.367 e. The number of pyridine rings is 1. The van der Waals surface area contributed by atoms with Gasteiger partial charge in [-0.3, -0.25) is 10.1 Å². The minimum atomic E-state index is 0.538. The molecule has 2 aromatic carbocycles. The maximum Gasteiger partial charge on any atom is 0.0930 e. The lowest BCUT2D eigenvalue weighted by Gasteiger charge is -2.33. The van der Waals surface area contributed by atoms with E-state index in [9.17, 15) is 0 Å². The number of aromatic nitrogens is 3. The van der Waals surface area contributed by atoms with Crippen LogP contribution in [-0.4, -0.2) is 21.7 Å². The summed E-state index contributed by atoms with van der Waals surface area (Å²) in [4.78, 5) is 7.67. The first-order chi connectivity index (χ1) is 14.9. The van der Waals surface area contributed by atoms with Gasteiger partial charge in [0.2, 0.25) is 0 Å². The molecule has 31 heavy (non-hydrogen) atoms. The Morgan fingerprint density at radius 1 is 1.00 bits per heavy atom. The molecule has 1 aliphatic rings. The van der Waals surface area contributed by atoms with E-state index in [0.717, 1.165) is 42.0 Å². The number of aromatic amines is 1. The fourth-order valence-corrected chi connectivity index (χ4v) is 4.81. The Bertz CT molecular complexity index is 1280. The molecule has 0 amide bonds. The van der Waals surface area contributed by atoms with Crippen molar-refractivity contribution in [3.05, 3.63) is 76.1 Å². The fourth-order valence-electron chi connectivity index (χ4n) is 4.81. The second kappa shape index (κ2) is 7.52. The monoisotopic (exact) mass is 410 g/mol. The predicted octanol–water partition coefficient (Wildman–Crippen LogP) is 6.24. The smallest absolute Gasteiger partial charge is 0.0930 e. The van der Waals surface area contributed by atoms with E-state index in [4.69, 9.17) is 4.98 Å². The summed E-state index contributed by atoms with van der Waals surface area (Å²) in [5.41, 5.74) is 12.4. The summed E-state index contributed by atoms with van der Waals surface area (Å²) in [6, 6.07) is 15.4. The highest BCUT2D eigenvalue weighted by molar-refractivity contribution is 5.95. The Morgan fingerprint density at radius 2 is 1.84 bits per heavy atom. The average Bonchev–Trinajstić information content (AvgIpc) is 3.15. The van der Waals surface area contributed by atoms with Gasteiger partial charge >= 0.3 is 0 Å². The molecule has 0 spiro atoms. The standard InChI is InChI=1S/C27H30N4/c1-16(2)20-10-9-17(3)26(14-20)31-12-11-23-22(15-31)18(4)13-25(28-23)21-7-6-8-24-27(21)19(5)29-30-24/h6-10,13-14,16H,11-12,15H2,1-5H3,(H,29,30). The van der Waals surface area contributed by atoms with Crippen LogP contribution in [0.5, 0.6) is 0 Å². The zero-order valence-corrected chi connectivity index (χ0v) is 19.1. The predicted molar refractivity (Wildman–Crippen MR) is 129 cm³/mol. The first-order valence-electron chi connectivity index (χ1n) is 11.2. The van der Waals surface area contributed by atoms with Crippen LogP contribution in [0.1, 0.15) is 53.4 Å². The van der Waals surface area contributed by atoms with E-state index in [1.165, 1.54) is 39.0 Å². The van der Waals surface area contributed by atoms with Gasteiger partial charge in [0.1, 0.15) is 0 Å². The Kier molecular flexibility index (Phi) is 4.81. The summed E-state index contributed by atoms with van der Waals surface area (Å²) in [6.45, 7) is 13.0. The fraction of sp³-hybridized carbons (Fsp3) is 0.333. The van der Waals surface area contributed by atoms with Crippen molar-refractivity contribution in [2.45, 2.75) is 53.5 Å². The number of hydrogen-bond acceptors (Lipinski definition) is 3. The molecule has 0 fully saturated rings. The van der Waals surface area contributed by atoms with Crippen LogP contribution >= 0.6 is 0 Å². The zero-order valence-electron chi connectivity index (χ0n) is 19.1. The highest BCUT2D eigenvalue weighted by Gasteiger charge is 2.23. The van der Waals surface area contributed by atoms with E-state index < -0.39 is 0 Å². The molecular weight excluding hydrogens is 380 g/mol. The van der Waals surface area contributed by atoms with Crippen molar-refractivity contribution in [2.75, 3.05) is 11.4 Å². The van der Waals surface area contributed by atoms with Crippen LogP contribution in [0.4, 0.5) is 5.69 Å². The van der Waals surface area contributed by atoms with Gasteiger partial charge in [-0.05, 0) is 67.1 Å². The third kappa shape index (κ3) is 3.40. The van der Waals surface area contributed by atoms with Gasteiger partial charge in [-0.2, -0.15) is 5.10 Å². The van der Waals surface area contributed by atoms with Crippen LogP contribution in [0.25, 0.3) is 22.2 Å². The molecule has 0 aliphatic carbocycles. The number of rotatable bonds is 3. The number of aryl methyl sites for hydroxylation is 3. The summed E-state index contributed by atoms with van der Waals surface area (Å²) in [5.74, 6) is 0.538. The van der Waals surface area contributed by atoms with Gasteiger partial charge in [0.25, 0.3) is 0 Å². The highest BCUT2D eigenvalue weighted by Crippen LogP contribution is 2.34. The van der Waals surface area contributed by atoms with Crippen molar-refractivity contribution < 1.29 is 0 Å². The Hall–Kier alpha value is -3.14. The van der Waals surface area contributed by atoms with Crippen LogP contribution in [0.15, 0.2) is 42.5 Å². The number of anilines is 1. The molecule has 0 bridgehead atoms. The van der Waals surface area contributed by atoms with E-state index in [1.807, 2.05) is 0 Å². The maximum atomic E-state index is 5.14. The number of fused-ring (bicyclic) bond motifs is 2. The molecule has 4 aromatic rings. The topological polar surface area (TPSA) is 44.8 Å². The van der Waals surface area contributed by atoms with Crippen molar-refractivity contribution in [1.29, 1.82) is 0 Å². The Morgan fingerprint density at radius 3 is 2.65 bits per heavy atom. The molecule has 3 heterocycles. The van der Waals surface area contributed by atoms with Gasteiger partial charge in [0.05, 0.1) is 11.2 Å². The minimum absolute atomic E-state index is 0.538. The van der Waals surface area contributed by atoms with E-state index in [1.54, 1.807) is 0 Å². The molecule has 4 nitrogen and oxygen atoms in total. The van der Waals surface area contributed by atoms with Crippen molar-refractivity contribution in [3.63, 3.8) is 0 Å². The molecule has 1 N–H and O–H groups in total. The van der Waals surface area contributed by atoms with Gasteiger partial charge in [-0.25, -0.2) is 0 Å². The van der Waals surface area contributed by atoms with E-state index in [2.05, 4.69) is 92.2 Å². The van der Waals surface area contributed by atoms with E-state index in [0.29, 0.717) is 5.92 Å². The summed E-state index contributed by atoms with van der Waals surface area (Å²) in [7, 11) is 0. The van der Waals surface area contributed by atoms with Gasteiger partial charge in [0.15, 0.2) is 0 Å². The largest absolute Gasteiger partial charge is 0.367 e. The van der Waals surface area contributed by atoms with Crippen LogP contribution in [0, 0.1) is 20.8 Å². The van der Waals surface area contributed by atoms with Crippen molar-refractivity contribution >= 4 is 16.6 Å². The van der Waals surface area contributed by atoms with Gasteiger partial charge in [0, 0.05) is 47.5 Å². The third-order valence-corrected chi connectivity index (χ3v) is 6.68. The first-order valence-corrected chi connectivity index (χ1v) is 11.2. The van der Waals surface area contributed by atoms with Crippen LogP contribution in [-0.2, 0) is 13.0 Å². The van der Waals surface area contributed by atoms with Gasteiger partial charge in [-0.15, -0.1) is 0 Å². The summed E-state index contributed by atoms with van der Waals surface area (Å²) in [5, 5.41) is 8.72. The number of nitrogens with one attached hydrogen (secondary N) is 1. The SMILES string of the molecule is Cc1ccc(C(C)C)cc1N1CCc2nc(-c3cccc4n[nH]c(C)c34)cc(C)c2C1. The summed E-state index contributed by atoms with van der Waals surface area (Å²) >= 11 is 0. The molecule has 0 unspecified atom stereocenters. The summed E-state index contributed by atoms with van der Waals surface area (Å²) in [6.07, 6.45) is 0.968. The second-order valence-corrected chi connectivity index (χ2v) is 9.17. The highest BCUT2D eigenvalue weighted by atomic mass is 15.1. The summed E-state index contributed by atoms with van der Waals surface area (Å²) < 4.78 is 0. The lowest BCUT2D eigenvalue weighted by molar-refractivity contribution is 0.705. The van der Waals surface area contributed by atoms with Gasteiger partial charge < -0.3 is 4.90 Å². The molecule has 5 rings (SSSR count). The lowest BCUT2D eigenvalue weighted by atomic mass is 9.95. The Balaban J connectivity index is 1.53. The quantitative estimate of drug-likeness (QED) is 0.435. The van der Waals surface area contributed by atoms with E-state index in [-0.39, 0.29) is 0 Å². The molecule has 1 aliphatic heterocycles. The van der Waals surface area contributed by atoms with Crippen molar-refractivity contribution in [3.8, 4) is 11.3 Å². The molecule has 158 valence electrons. The number of benzene rings is 2. The molecule has 2 aromatic heterocycles.